The maximum absolute atomic E-state index is 12.2. The molecule has 0 radical (unpaired) electrons. The summed E-state index contributed by atoms with van der Waals surface area (Å²) in [5.74, 6) is 1.01. The highest BCUT2D eigenvalue weighted by molar-refractivity contribution is 7.13. The highest BCUT2D eigenvalue weighted by Crippen LogP contribution is 2.27. The number of carbonyl (C=O) groups is 1. The summed E-state index contributed by atoms with van der Waals surface area (Å²) in [4.78, 5) is 20.8. The Bertz CT molecular complexity index is 885. The topological polar surface area (TPSA) is 67.0 Å². The van der Waals surface area contributed by atoms with Crippen molar-refractivity contribution in [3.63, 3.8) is 0 Å². The molecule has 0 unspecified atom stereocenters. The second-order valence-corrected chi connectivity index (χ2v) is 7.74. The number of thiophene rings is 1. The van der Waals surface area contributed by atoms with Crippen molar-refractivity contribution in [2.45, 2.75) is 33.1 Å². The van der Waals surface area contributed by atoms with Crippen molar-refractivity contribution in [1.29, 1.82) is 0 Å². The van der Waals surface area contributed by atoms with E-state index in [4.69, 9.17) is 4.74 Å². The lowest BCUT2D eigenvalue weighted by Gasteiger charge is -2.14. The summed E-state index contributed by atoms with van der Waals surface area (Å²) >= 11 is 1.66. The molecule has 6 heteroatoms. The Labute approximate surface area is 163 Å². The van der Waals surface area contributed by atoms with Crippen LogP contribution in [0.5, 0.6) is 5.75 Å². The Kier molecular flexibility index (Phi) is 6.29. The summed E-state index contributed by atoms with van der Waals surface area (Å²) in [6.07, 6.45) is 2.39. The highest BCUT2D eigenvalue weighted by atomic mass is 32.1. The van der Waals surface area contributed by atoms with Crippen LogP contribution in [-0.2, 0) is 11.2 Å². The zero-order chi connectivity index (χ0) is 19.2. The minimum atomic E-state index is -0.122. The average molecular weight is 384 g/mol. The first-order chi connectivity index (χ1) is 13.0. The van der Waals surface area contributed by atoms with Gasteiger partial charge in [0.05, 0.1) is 11.2 Å². The van der Waals surface area contributed by atoms with Crippen LogP contribution in [0.15, 0.2) is 42.0 Å². The Morgan fingerprint density at radius 2 is 2.19 bits per heavy atom. The number of aromatic nitrogens is 2. The third kappa shape index (κ3) is 4.98. The Morgan fingerprint density at radius 1 is 1.33 bits per heavy atom. The molecule has 3 rings (SSSR count). The molecule has 0 saturated heterocycles. The van der Waals surface area contributed by atoms with E-state index in [-0.39, 0.29) is 12.5 Å². The number of benzene rings is 1. The molecule has 2 heterocycles. The molecule has 0 aliphatic heterocycles. The fraction of sp³-hybridized carbons (Fsp3) is 0.333. The van der Waals surface area contributed by atoms with Crippen molar-refractivity contribution >= 4 is 17.2 Å². The van der Waals surface area contributed by atoms with Gasteiger partial charge in [0, 0.05) is 18.7 Å². The molecular formula is C21H25N3O2S. The third-order valence-corrected chi connectivity index (χ3v) is 5.20. The molecule has 0 saturated carbocycles. The second-order valence-electron chi connectivity index (χ2n) is 6.79. The number of rotatable bonds is 8. The monoisotopic (exact) mass is 383 g/mol. The molecule has 0 fully saturated rings. The van der Waals surface area contributed by atoms with Gasteiger partial charge < -0.3 is 15.0 Å². The number of aryl methyl sites for hydroxylation is 1. The third-order valence-electron chi connectivity index (χ3n) is 4.32. The predicted octanol–water partition coefficient (Wildman–Crippen LogP) is 4.31. The van der Waals surface area contributed by atoms with Gasteiger partial charge in [0.25, 0.3) is 5.91 Å². The van der Waals surface area contributed by atoms with Gasteiger partial charge >= 0.3 is 0 Å². The molecule has 3 aromatic rings. The van der Waals surface area contributed by atoms with Gasteiger partial charge in [-0.2, -0.15) is 0 Å². The van der Waals surface area contributed by atoms with Crippen LogP contribution in [-0.4, -0.2) is 29.0 Å². The van der Waals surface area contributed by atoms with E-state index in [1.165, 1.54) is 0 Å². The van der Waals surface area contributed by atoms with Crippen LogP contribution in [0.3, 0.4) is 0 Å². The number of hydrogen-bond donors (Lipinski definition) is 2. The van der Waals surface area contributed by atoms with Crippen LogP contribution in [0.25, 0.3) is 10.6 Å². The molecule has 0 atom stereocenters. The Morgan fingerprint density at radius 3 is 2.93 bits per heavy atom. The van der Waals surface area contributed by atoms with Gasteiger partial charge in [-0.15, -0.1) is 11.3 Å². The molecule has 2 aromatic heterocycles. The second kappa shape index (κ2) is 8.86. The first kappa shape index (κ1) is 19.2. The molecule has 0 spiro atoms. The van der Waals surface area contributed by atoms with Crippen molar-refractivity contribution in [2.75, 3.05) is 13.2 Å². The number of nitrogens with one attached hydrogen (secondary N) is 2. The number of hydrogen-bond acceptors (Lipinski definition) is 4. The van der Waals surface area contributed by atoms with Gasteiger partial charge in [-0.05, 0) is 41.5 Å². The van der Waals surface area contributed by atoms with Crippen LogP contribution in [0.4, 0.5) is 0 Å². The van der Waals surface area contributed by atoms with Gasteiger partial charge in [0.15, 0.2) is 6.61 Å². The zero-order valence-electron chi connectivity index (χ0n) is 15.9. The summed E-state index contributed by atoms with van der Waals surface area (Å²) in [6.45, 7) is 6.81. The van der Waals surface area contributed by atoms with Crippen LogP contribution >= 0.6 is 11.3 Å². The lowest BCUT2D eigenvalue weighted by Crippen LogP contribution is -2.30. The average Bonchev–Trinajstić information content (AvgIpc) is 3.31. The van der Waals surface area contributed by atoms with Crippen molar-refractivity contribution in [3.05, 3.63) is 58.9 Å². The van der Waals surface area contributed by atoms with Gasteiger partial charge in [-0.3, -0.25) is 4.79 Å². The van der Waals surface area contributed by atoms with E-state index in [2.05, 4.69) is 41.3 Å². The Hall–Kier alpha value is -2.60. The van der Waals surface area contributed by atoms with E-state index in [9.17, 15) is 4.79 Å². The van der Waals surface area contributed by atoms with E-state index in [0.29, 0.717) is 18.9 Å². The van der Waals surface area contributed by atoms with Crippen LogP contribution in [0, 0.1) is 6.92 Å². The van der Waals surface area contributed by atoms with Crippen molar-refractivity contribution in [1.82, 2.24) is 15.3 Å². The highest BCUT2D eigenvalue weighted by Gasteiger charge is 2.12. The molecular weight excluding hydrogens is 358 g/mol. The molecule has 27 heavy (non-hydrogen) atoms. The zero-order valence-corrected chi connectivity index (χ0v) is 16.7. The largest absolute Gasteiger partial charge is 0.483 e. The lowest BCUT2D eigenvalue weighted by atomic mass is 10.0. The van der Waals surface area contributed by atoms with Crippen LogP contribution in [0.1, 0.15) is 36.6 Å². The van der Waals surface area contributed by atoms with Crippen molar-refractivity contribution in [3.8, 4) is 16.3 Å². The van der Waals surface area contributed by atoms with E-state index >= 15 is 0 Å². The van der Waals surface area contributed by atoms with Gasteiger partial charge in [0.1, 0.15) is 11.4 Å². The first-order valence-corrected chi connectivity index (χ1v) is 9.98. The standard InChI is InChI=1S/C21H25N3O2S/c1-14(2)16-7-6-15(3)11-18(16)26-12-20(25)22-9-8-17-21(24-13-23-17)19-5-4-10-27-19/h4-7,10-11,13-14H,8-9,12H2,1-3H3,(H,22,25)(H,23,24). The number of nitrogens with zero attached hydrogens (tertiary/aromatic N) is 1. The van der Waals surface area contributed by atoms with Crippen molar-refractivity contribution < 1.29 is 9.53 Å². The number of ether oxygens (including phenoxy) is 1. The molecule has 0 aliphatic carbocycles. The summed E-state index contributed by atoms with van der Waals surface area (Å²) in [6, 6.07) is 10.2. The number of aromatic amines is 1. The number of H-pyrrole nitrogens is 1. The number of imidazole rings is 1. The number of amides is 1. The summed E-state index contributed by atoms with van der Waals surface area (Å²) < 4.78 is 5.78. The Balaban J connectivity index is 1.50. The first-order valence-electron chi connectivity index (χ1n) is 9.10. The normalized spacial score (nSPS) is 11.0. The molecule has 0 bridgehead atoms. The lowest BCUT2D eigenvalue weighted by molar-refractivity contribution is -0.123. The predicted molar refractivity (Wildman–Crippen MR) is 109 cm³/mol. The number of carbonyl (C=O) groups excluding carboxylic acids is 1. The smallest absolute Gasteiger partial charge is 0.257 e. The molecule has 1 amide bonds. The van der Waals surface area contributed by atoms with Crippen LogP contribution in [0.2, 0.25) is 0 Å². The molecule has 1 aromatic carbocycles. The van der Waals surface area contributed by atoms with Gasteiger partial charge in [0.2, 0.25) is 0 Å². The molecule has 142 valence electrons. The fourth-order valence-electron chi connectivity index (χ4n) is 2.90. The van der Waals surface area contributed by atoms with E-state index in [0.717, 1.165) is 33.1 Å². The molecule has 0 aliphatic rings. The van der Waals surface area contributed by atoms with E-state index in [1.807, 2.05) is 30.5 Å². The van der Waals surface area contributed by atoms with Crippen molar-refractivity contribution in [2.24, 2.45) is 0 Å². The summed E-state index contributed by atoms with van der Waals surface area (Å²) in [5.41, 5.74) is 4.22. The maximum atomic E-state index is 12.2. The van der Waals surface area contributed by atoms with Gasteiger partial charge in [-0.25, -0.2) is 4.98 Å². The summed E-state index contributed by atoms with van der Waals surface area (Å²) in [7, 11) is 0. The maximum Gasteiger partial charge on any atom is 0.257 e. The quantitative estimate of drug-likeness (QED) is 0.609. The fourth-order valence-corrected chi connectivity index (χ4v) is 3.65. The SMILES string of the molecule is Cc1ccc(C(C)C)c(OCC(=O)NCCc2[nH]cnc2-c2cccs2)c1. The van der Waals surface area contributed by atoms with Gasteiger partial charge in [-0.1, -0.05) is 32.0 Å². The minimum absolute atomic E-state index is 0.0178. The van der Waals surface area contributed by atoms with E-state index < -0.39 is 0 Å². The molecule has 5 nitrogen and oxygen atoms in total. The van der Waals surface area contributed by atoms with E-state index in [1.54, 1.807) is 17.7 Å². The summed E-state index contributed by atoms with van der Waals surface area (Å²) in [5, 5.41) is 4.95. The minimum Gasteiger partial charge on any atom is -0.483 e. The van der Waals surface area contributed by atoms with Crippen LogP contribution < -0.4 is 10.1 Å². The molecule has 2 N–H and O–H groups in total.